The Morgan fingerprint density at radius 2 is 2.06 bits per heavy atom. The molecule has 0 spiro atoms. The summed E-state index contributed by atoms with van der Waals surface area (Å²) in [7, 11) is 0. The molecular weight excluding hydrogens is 418 g/mol. The van der Waals surface area contributed by atoms with Crippen LogP contribution in [0.2, 0.25) is 0 Å². The van der Waals surface area contributed by atoms with Gasteiger partial charge in [-0.1, -0.05) is 6.07 Å². The Hall–Kier alpha value is -3.74. The molecule has 168 valence electrons. The Morgan fingerprint density at radius 1 is 1.15 bits per heavy atom. The molecule has 1 atom stereocenters. The second-order valence-electron chi connectivity index (χ2n) is 7.96. The van der Waals surface area contributed by atoms with Crippen LogP contribution in [-0.2, 0) is 4.74 Å². The molecule has 9 heteroatoms. The van der Waals surface area contributed by atoms with Gasteiger partial charge in [-0.25, -0.2) is 9.97 Å². The van der Waals surface area contributed by atoms with Crippen molar-refractivity contribution >= 4 is 17.3 Å². The standard InChI is InChI=1S/C24H25N7O2/c25-14-18-12-17(4-5-22(18)33-21-6-7-26-15-21)23-27-16-28-24(30-23)29-19-2-1-3-20(13-19)31-8-10-32-11-9-31/h1-5,12-13,16,21,26H,6-11,15H2,(H,27,28,29,30). The van der Waals surface area contributed by atoms with Crippen LogP contribution in [0.25, 0.3) is 11.4 Å². The van der Waals surface area contributed by atoms with Gasteiger partial charge in [0, 0.05) is 36.6 Å². The normalized spacial score (nSPS) is 18.0. The van der Waals surface area contributed by atoms with Crippen LogP contribution in [0.4, 0.5) is 17.3 Å². The maximum Gasteiger partial charge on any atom is 0.230 e. The summed E-state index contributed by atoms with van der Waals surface area (Å²) in [6, 6.07) is 15.8. The topological polar surface area (TPSA) is 108 Å². The van der Waals surface area contributed by atoms with Gasteiger partial charge in [0.25, 0.3) is 0 Å². The van der Waals surface area contributed by atoms with Crippen molar-refractivity contribution in [1.82, 2.24) is 20.3 Å². The van der Waals surface area contributed by atoms with Crippen LogP contribution in [0.1, 0.15) is 12.0 Å². The number of hydrogen-bond acceptors (Lipinski definition) is 9. The van der Waals surface area contributed by atoms with Crippen LogP contribution in [0.3, 0.4) is 0 Å². The molecule has 9 nitrogen and oxygen atoms in total. The van der Waals surface area contributed by atoms with Crippen molar-refractivity contribution in [2.24, 2.45) is 0 Å². The van der Waals surface area contributed by atoms with E-state index in [0.717, 1.165) is 62.8 Å². The maximum absolute atomic E-state index is 9.62. The first-order valence-corrected chi connectivity index (χ1v) is 11.1. The van der Waals surface area contributed by atoms with Gasteiger partial charge in [0.1, 0.15) is 24.3 Å². The fourth-order valence-corrected chi connectivity index (χ4v) is 3.99. The molecule has 2 aromatic carbocycles. The molecule has 0 aliphatic carbocycles. The lowest BCUT2D eigenvalue weighted by atomic mass is 10.1. The van der Waals surface area contributed by atoms with E-state index in [1.807, 2.05) is 24.3 Å². The van der Waals surface area contributed by atoms with Crippen LogP contribution >= 0.6 is 0 Å². The van der Waals surface area contributed by atoms with Crippen molar-refractivity contribution in [1.29, 1.82) is 5.26 Å². The van der Waals surface area contributed by atoms with E-state index in [1.165, 1.54) is 6.33 Å². The second kappa shape index (κ2) is 9.81. The number of rotatable bonds is 6. The molecule has 3 aromatic rings. The van der Waals surface area contributed by atoms with Crippen molar-refractivity contribution in [3.63, 3.8) is 0 Å². The highest BCUT2D eigenvalue weighted by molar-refractivity contribution is 5.65. The first-order valence-electron chi connectivity index (χ1n) is 11.1. The number of nitrogens with one attached hydrogen (secondary N) is 2. The molecule has 2 fully saturated rings. The fourth-order valence-electron chi connectivity index (χ4n) is 3.99. The van der Waals surface area contributed by atoms with Crippen LogP contribution < -0.4 is 20.3 Å². The van der Waals surface area contributed by atoms with Gasteiger partial charge in [0.15, 0.2) is 5.82 Å². The Labute approximate surface area is 192 Å². The summed E-state index contributed by atoms with van der Waals surface area (Å²) in [6.07, 6.45) is 2.49. The summed E-state index contributed by atoms with van der Waals surface area (Å²) in [4.78, 5) is 15.4. The zero-order valence-electron chi connectivity index (χ0n) is 18.2. The maximum atomic E-state index is 9.62. The first kappa shape index (κ1) is 21.1. The molecule has 0 saturated carbocycles. The number of hydrogen-bond donors (Lipinski definition) is 2. The van der Waals surface area contributed by atoms with Gasteiger partial charge in [0.2, 0.25) is 5.95 Å². The molecule has 33 heavy (non-hydrogen) atoms. The summed E-state index contributed by atoms with van der Waals surface area (Å²) in [5, 5.41) is 16.2. The predicted molar refractivity (Wildman–Crippen MR) is 125 cm³/mol. The summed E-state index contributed by atoms with van der Waals surface area (Å²) in [5.41, 5.74) is 3.22. The van der Waals surface area contributed by atoms with Gasteiger partial charge >= 0.3 is 0 Å². The molecule has 3 heterocycles. The van der Waals surface area contributed by atoms with Gasteiger partial charge in [-0.3, -0.25) is 0 Å². The quantitative estimate of drug-likeness (QED) is 0.594. The van der Waals surface area contributed by atoms with E-state index in [2.05, 4.69) is 48.7 Å². The number of nitrogens with zero attached hydrogens (tertiary/aromatic N) is 5. The van der Waals surface area contributed by atoms with E-state index >= 15 is 0 Å². The predicted octanol–water partition coefficient (Wildman–Crippen LogP) is 2.73. The number of morpholine rings is 1. The van der Waals surface area contributed by atoms with Crippen molar-refractivity contribution in [2.45, 2.75) is 12.5 Å². The minimum Gasteiger partial charge on any atom is -0.488 e. The van der Waals surface area contributed by atoms with Gasteiger partial charge in [0.05, 0.1) is 18.8 Å². The fraction of sp³-hybridized carbons (Fsp3) is 0.333. The van der Waals surface area contributed by atoms with E-state index in [0.29, 0.717) is 23.1 Å². The van der Waals surface area contributed by atoms with E-state index in [9.17, 15) is 5.26 Å². The molecule has 1 unspecified atom stereocenters. The summed E-state index contributed by atoms with van der Waals surface area (Å²) < 4.78 is 11.4. The van der Waals surface area contributed by atoms with E-state index in [1.54, 1.807) is 6.07 Å². The Balaban J connectivity index is 1.33. The lowest BCUT2D eigenvalue weighted by Gasteiger charge is -2.29. The first-order chi connectivity index (χ1) is 16.3. The zero-order chi connectivity index (χ0) is 22.5. The third-order valence-electron chi connectivity index (χ3n) is 5.72. The Kier molecular flexibility index (Phi) is 6.28. The van der Waals surface area contributed by atoms with Gasteiger partial charge in [-0.2, -0.15) is 10.2 Å². The van der Waals surface area contributed by atoms with E-state index < -0.39 is 0 Å². The molecular formula is C24H25N7O2. The van der Waals surface area contributed by atoms with E-state index in [-0.39, 0.29) is 6.10 Å². The van der Waals surface area contributed by atoms with Crippen LogP contribution in [0.5, 0.6) is 5.75 Å². The third kappa shape index (κ3) is 5.03. The molecule has 2 aliphatic rings. The minimum atomic E-state index is 0.0872. The number of nitriles is 1. The van der Waals surface area contributed by atoms with Crippen molar-refractivity contribution in [2.75, 3.05) is 49.6 Å². The van der Waals surface area contributed by atoms with Crippen molar-refractivity contribution in [3.8, 4) is 23.2 Å². The lowest BCUT2D eigenvalue weighted by molar-refractivity contribution is 0.122. The van der Waals surface area contributed by atoms with Gasteiger partial charge in [-0.05, 0) is 49.4 Å². The molecule has 1 aromatic heterocycles. The van der Waals surface area contributed by atoms with Crippen LogP contribution in [0.15, 0.2) is 48.8 Å². The molecule has 2 N–H and O–H groups in total. The minimum absolute atomic E-state index is 0.0872. The Morgan fingerprint density at radius 3 is 2.88 bits per heavy atom. The van der Waals surface area contributed by atoms with Gasteiger partial charge < -0.3 is 25.0 Å². The van der Waals surface area contributed by atoms with Crippen LogP contribution in [-0.4, -0.2) is 60.4 Å². The average molecular weight is 444 g/mol. The van der Waals surface area contributed by atoms with Crippen molar-refractivity contribution < 1.29 is 9.47 Å². The van der Waals surface area contributed by atoms with Crippen LogP contribution in [0, 0.1) is 11.3 Å². The smallest absolute Gasteiger partial charge is 0.230 e. The Bertz CT molecular complexity index is 1150. The highest BCUT2D eigenvalue weighted by atomic mass is 16.5. The average Bonchev–Trinajstić information content (AvgIpc) is 3.38. The highest BCUT2D eigenvalue weighted by Gasteiger charge is 2.18. The number of benzene rings is 2. The monoisotopic (exact) mass is 443 g/mol. The summed E-state index contributed by atoms with van der Waals surface area (Å²) in [6.45, 7) is 4.94. The molecule has 0 amide bonds. The highest BCUT2D eigenvalue weighted by Crippen LogP contribution is 2.27. The number of aromatic nitrogens is 3. The molecule has 0 bridgehead atoms. The molecule has 2 aliphatic heterocycles. The van der Waals surface area contributed by atoms with Crippen molar-refractivity contribution in [3.05, 3.63) is 54.4 Å². The zero-order valence-corrected chi connectivity index (χ0v) is 18.2. The third-order valence-corrected chi connectivity index (χ3v) is 5.72. The summed E-state index contributed by atoms with van der Waals surface area (Å²) in [5.74, 6) is 1.51. The number of anilines is 3. The molecule has 2 saturated heterocycles. The number of ether oxygens (including phenoxy) is 2. The summed E-state index contributed by atoms with van der Waals surface area (Å²) >= 11 is 0. The van der Waals surface area contributed by atoms with E-state index in [4.69, 9.17) is 9.47 Å². The second-order valence-corrected chi connectivity index (χ2v) is 7.96. The van der Waals surface area contributed by atoms with Gasteiger partial charge in [-0.15, -0.1) is 0 Å². The SMILES string of the molecule is N#Cc1cc(-c2ncnc(Nc3cccc(N4CCOCC4)c3)n2)ccc1OC1CCNC1. The molecule has 0 radical (unpaired) electrons. The molecule has 5 rings (SSSR count). The lowest BCUT2D eigenvalue weighted by Crippen LogP contribution is -2.36. The largest absolute Gasteiger partial charge is 0.488 e.